The van der Waals surface area contributed by atoms with Crippen molar-refractivity contribution in [1.29, 1.82) is 0 Å². The van der Waals surface area contributed by atoms with Crippen LogP contribution in [0.15, 0.2) is 0 Å². The molecule has 19 N–H and O–H groups in total. The van der Waals surface area contributed by atoms with Crippen LogP contribution < -0.4 is 27.0 Å². The van der Waals surface area contributed by atoms with Gasteiger partial charge in [0.05, 0.1) is 45.7 Å². The molecule has 6 fully saturated rings. The molecule has 0 aromatic rings. The fourth-order valence-electron chi connectivity index (χ4n) is 10.4. The lowest BCUT2D eigenvalue weighted by Crippen LogP contribution is -2.73. The van der Waals surface area contributed by atoms with Crippen molar-refractivity contribution in [3.8, 4) is 0 Å². The van der Waals surface area contributed by atoms with Gasteiger partial charge < -0.3 is 150 Å². The normalized spacial score (nSPS) is 46.8. The summed E-state index contributed by atoms with van der Waals surface area (Å²) >= 11 is 1.54. The van der Waals surface area contributed by atoms with Crippen LogP contribution in [-0.2, 0) is 76.0 Å². The molecule has 0 aromatic carbocycles. The largest absolute Gasteiger partial charge is 0.394 e. The molecule has 29 atom stereocenters. The van der Waals surface area contributed by atoms with Gasteiger partial charge in [-0.15, -0.1) is 0 Å². The van der Waals surface area contributed by atoms with Gasteiger partial charge in [0.1, 0.15) is 127 Å². The summed E-state index contributed by atoms with van der Waals surface area (Å²) in [5, 5.41) is 153. The van der Waals surface area contributed by atoms with Crippen LogP contribution in [0.5, 0.6) is 0 Å². The Morgan fingerprint density at radius 2 is 1.01 bits per heavy atom. The van der Waals surface area contributed by atoms with Crippen LogP contribution in [-0.4, -0.2) is 312 Å². The van der Waals surface area contributed by atoms with Crippen LogP contribution in [0.1, 0.15) is 41.0 Å². The summed E-state index contributed by atoms with van der Waals surface area (Å²) in [6, 6.07) is -8.23. The van der Waals surface area contributed by atoms with Crippen molar-refractivity contribution in [3.63, 3.8) is 0 Å². The first-order valence-corrected chi connectivity index (χ1v) is 27.0. The van der Waals surface area contributed by atoms with E-state index in [0.717, 1.165) is 27.7 Å². The first-order valence-electron chi connectivity index (χ1n) is 25.9. The first kappa shape index (κ1) is 67.7. The van der Waals surface area contributed by atoms with Gasteiger partial charge in [0.25, 0.3) is 0 Å². The van der Waals surface area contributed by atoms with Crippen molar-refractivity contribution in [2.45, 2.75) is 216 Å². The van der Waals surface area contributed by atoms with Crippen molar-refractivity contribution in [2.75, 3.05) is 46.8 Å². The molecule has 0 radical (unpaired) electrons. The van der Waals surface area contributed by atoms with Gasteiger partial charge in [-0.2, -0.15) is 0 Å². The van der Waals surface area contributed by atoms with Crippen molar-refractivity contribution in [3.05, 3.63) is 0 Å². The van der Waals surface area contributed by atoms with Gasteiger partial charge >= 0.3 is 0 Å². The maximum absolute atomic E-state index is 12.9. The number of aliphatic hydroxyl groups is 13. The standard InChI is InChI=1S/C46H78IN5O29/c1-7-45(69)13-72-44(36(70-6)37(45)67)71-11-21-35(29(63)23(39(68)73-21)49-14(2)57)79-43-26(52-17(5)60)32(66)38(46(47,12-56)81-43)80-42-25(51-16(4)59)31(65)34(20(10-55)76-42)78-41-24(50-15(3)58)30(64)33(19(9-54)75-41)77-40-22(48)28(62)27(61)18(8-53)74-40/h18-44,53-56,61-69H,7-13,48H2,1-6H3,(H,49,57)(H,50,58)(H,51,59)(H,52,60)/t18?,19?,20?,21?,22?,23?,24?,25?,26?,27-,28?,29?,30?,31?,32?,33-,34-,35-,36?,37?,38+,39-,40+,41+,42+,43-,44-,45?,46?/m1/s1. The van der Waals surface area contributed by atoms with E-state index in [9.17, 15) is 85.6 Å². The number of alkyl halides is 1. The van der Waals surface area contributed by atoms with E-state index in [1.54, 1.807) is 6.92 Å². The fourth-order valence-corrected chi connectivity index (χ4v) is 11.2. The highest BCUT2D eigenvalue weighted by molar-refractivity contribution is 14.1. The minimum absolute atomic E-state index is 0.0685. The highest BCUT2D eigenvalue weighted by atomic mass is 127. The van der Waals surface area contributed by atoms with Gasteiger partial charge in [0, 0.05) is 34.8 Å². The lowest BCUT2D eigenvalue weighted by atomic mass is 9.88. The molecule has 4 amide bonds. The highest BCUT2D eigenvalue weighted by Crippen LogP contribution is 2.42. The molecule has 35 heteroatoms. The molecule has 6 aliphatic rings. The Balaban J connectivity index is 1.25. The summed E-state index contributed by atoms with van der Waals surface area (Å²) in [6.07, 6.45) is -37.9. The monoisotopic (exact) mass is 1290 g/mol. The number of halogens is 1. The van der Waals surface area contributed by atoms with E-state index in [2.05, 4.69) is 21.3 Å². The zero-order valence-electron chi connectivity index (χ0n) is 44.8. The molecule has 81 heavy (non-hydrogen) atoms. The Hall–Kier alpha value is -2.43. The van der Waals surface area contributed by atoms with Crippen molar-refractivity contribution >= 4 is 46.2 Å². The van der Waals surface area contributed by atoms with Gasteiger partial charge in [0.2, 0.25) is 23.6 Å². The Morgan fingerprint density at radius 3 is 1.49 bits per heavy atom. The summed E-state index contributed by atoms with van der Waals surface area (Å²) in [7, 11) is 1.22. The molecule has 6 saturated heterocycles. The summed E-state index contributed by atoms with van der Waals surface area (Å²) in [4.78, 5) is 50.6. The van der Waals surface area contributed by atoms with Gasteiger partial charge in [-0.05, 0) is 29.0 Å². The van der Waals surface area contributed by atoms with Crippen LogP contribution in [0.2, 0.25) is 0 Å². The van der Waals surface area contributed by atoms with Gasteiger partial charge in [-0.25, -0.2) is 0 Å². The van der Waals surface area contributed by atoms with Crippen molar-refractivity contribution < 1.29 is 142 Å². The van der Waals surface area contributed by atoms with Gasteiger partial charge in [0.15, 0.2) is 41.3 Å². The van der Waals surface area contributed by atoms with E-state index in [1.807, 2.05) is 0 Å². The Bertz CT molecular complexity index is 2090. The van der Waals surface area contributed by atoms with E-state index in [-0.39, 0.29) is 6.42 Å². The third-order valence-corrected chi connectivity index (χ3v) is 16.0. The summed E-state index contributed by atoms with van der Waals surface area (Å²) in [5.41, 5.74) is 4.34. The lowest BCUT2D eigenvalue weighted by molar-refractivity contribution is -0.370. The number of carbonyl (C=O) groups is 4. The molecule has 0 spiro atoms. The smallest absolute Gasteiger partial charge is 0.217 e. The number of rotatable bonds is 21. The SMILES string of the molecule is CCC1(O)CO[C@@H](OCC2O[C@@H](O)C(NC(C)=O)C(O)[C@@H]2O[C@@H]2OC(I)(CO)[C@@H](O[C@@H]3OC(CO)[C@@H](O[C@@H]4OC(CO)[C@@H](O[C@@H]5OC(CO)[C@@H](O)C(O)C5N)C(O)C4NC(C)=O)C(O)C3NC(C)=O)C(O)C2NC(C)=O)C(OC)C1O. The highest BCUT2D eigenvalue weighted by Gasteiger charge is 2.61. The quantitative estimate of drug-likeness (QED) is 0.0375. The zero-order valence-corrected chi connectivity index (χ0v) is 47.0. The topological polar surface area (TPSA) is 516 Å². The van der Waals surface area contributed by atoms with E-state index in [0.29, 0.717) is 0 Å². The number of methoxy groups -OCH3 is 1. The predicted molar refractivity (Wildman–Crippen MR) is 268 cm³/mol. The number of ether oxygens (including phenoxy) is 12. The minimum atomic E-state index is -2.19. The molecule has 18 unspecified atom stereocenters. The van der Waals surface area contributed by atoms with Crippen LogP contribution in [0.4, 0.5) is 0 Å². The third kappa shape index (κ3) is 15.0. The van der Waals surface area contributed by atoms with E-state index in [4.69, 9.17) is 62.6 Å². The second-order valence-corrected chi connectivity index (χ2v) is 22.4. The van der Waals surface area contributed by atoms with Crippen LogP contribution in [0.25, 0.3) is 0 Å². The molecule has 468 valence electrons. The lowest BCUT2D eigenvalue weighted by Gasteiger charge is -2.53. The number of hydrogen-bond donors (Lipinski definition) is 18. The second kappa shape index (κ2) is 28.8. The summed E-state index contributed by atoms with van der Waals surface area (Å²) < 4.78 is 69.0. The molecule has 0 bridgehead atoms. The maximum atomic E-state index is 12.9. The minimum Gasteiger partial charge on any atom is -0.394 e. The molecule has 0 aromatic heterocycles. The molecule has 0 aliphatic carbocycles. The third-order valence-electron chi connectivity index (χ3n) is 14.8. The fraction of sp³-hybridized carbons (Fsp3) is 0.913. The molecular weight excluding hydrogens is 1210 g/mol. The molecule has 6 aliphatic heterocycles. The number of aliphatic hydroxyl groups excluding tert-OH is 12. The number of carbonyl (C=O) groups excluding carboxylic acids is 4. The van der Waals surface area contributed by atoms with Crippen LogP contribution in [0.3, 0.4) is 0 Å². The Labute approximate surface area is 476 Å². The predicted octanol–water partition coefficient (Wildman–Crippen LogP) is -10.7. The van der Waals surface area contributed by atoms with Crippen LogP contribution in [0, 0.1) is 0 Å². The second-order valence-electron chi connectivity index (χ2n) is 20.6. The van der Waals surface area contributed by atoms with E-state index >= 15 is 0 Å². The van der Waals surface area contributed by atoms with E-state index in [1.165, 1.54) is 29.7 Å². The summed E-state index contributed by atoms with van der Waals surface area (Å²) in [5.74, 6) is -3.14. The Morgan fingerprint density at radius 1 is 0.568 bits per heavy atom. The summed E-state index contributed by atoms with van der Waals surface area (Å²) in [6.45, 7) is 1.00. The average molecular weight is 1290 g/mol. The van der Waals surface area contributed by atoms with E-state index < -0.39 is 238 Å². The first-order chi connectivity index (χ1) is 38.1. The molecular formula is C46H78IN5O29. The van der Waals surface area contributed by atoms with Gasteiger partial charge in [-0.1, -0.05) is 6.92 Å². The number of nitrogens with two attached hydrogens (primary N) is 1. The molecule has 0 saturated carbocycles. The van der Waals surface area contributed by atoms with Crippen LogP contribution >= 0.6 is 22.6 Å². The maximum Gasteiger partial charge on any atom is 0.217 e. The van der Waals surface area contributed by atoms with Gasteiger partial charge in [-0.3, -0.25) is 19.2 Å². The zero-order chi connectivity index (χ0) is 60.2. The average Bonchev–Trinajstić information content (AvgIpc) is 3.61. The number of hydrogen-bond acceptors (Lipinski definition) is 30. The number of amides is 4. The van der Waals surface area contributed by atoms with Crippen molar-refractivity contribution in [1.82, 2.24) is 21.3 Å². The molecule has 34 nitrogen and oxygen atoms in total. The Kier molecular flexibility index (Phi) is 24.1. The van der Waals surface area contributed by atoms with Crippen molar-refractivity contribution in [2.24, 2.45) is 5.73 Å². The number of nitrogens with one attached hydrogen (secondary N) is 4. The molecule has 6 heterocycles. The molecule has 6 rings (SSSR count).